The first-order valence-electron chi connectivity index (χ1n) is 5.91. The van der Waals surface area contributed by atoms with Crippen molar-refractivity contribution in [3.05, 3.63) is 0 Å². The van der Waals surface area contributed by atoms with Gasteiger partial charge in [-0.15, -0.1) is 0 Å². The van der Waals surface area contributed by atoms with Crippen LogP contribution in [0.1, 0.15) is 33.6 Å². The predicted octanol–water partition coefficient (Wildman–Crippen LogP) is 1.58. The molecule has 0 bridgehead atoms. The van der Waals surface area contributed by atoms with Gasteiger partial charge in [-0.2, -0.15) is 5.26 Å². The van der Waals surface area contributed by atoms with E-state index in [0.29, 0.717) is 18.4 Å². The first-order valence-corrected chi connectivity index (χ1v) is 5.91. The van der Waals surface area contributed by atoms with E-state index in [-0.39, 0.29) is 0 Å². The second kappa shape index (κ2) is 5.20. The Morgan fingerprint density at radius 1 is 1.62 bits per heavy atom. The number of rotatable bonds is 2. The van der Waals surface area contributed by atoms with E-state index >= 15 is 0 Å². The Balaban J connectivity index is 2.53. The minimum absolute atomic E-state index is 0.425. The van der Waals surface area contributed by atoms with Crippen molar-refractivity contribution in [3.63, 3.8) is 0 Å². The molecule has 4 nitrogen and oxygen atoms in total. The lowest BCUT2D eigenvalue weighted by molar-refractivity contribution is 0.269. The molecule has 1 aliphatic heterocycles. The van der Waals surface area contributed by atoms with Crippen LogP contribution < -0.4 is 5.73 Å². The fourth-order valence-corrected chi connectivity index (χ4v) is 1.81. The molecule has 1 fully saturated rings. The maximum Gasteiger partial charge on any atom is 0.191 e. The van der Waals surface area contributed by atoms with E-state index in [9.17, 15) is 0 Å². The number of hydrogen-bond acceptors (Lipinski definition) is 2. The molecule has 0 amide bonds. The second-order valence-electron chi connectivity index (χ2n) is 5.36. The molecule has 1 aliphatic rings. The molecule has 4 heteroatoms. The lowest BCUT2D eigenvalue weighted by Crippen LogP contribution is -2.43. The van der Waals surface area contributed by atoms with Crippen molar-refractivity contribution in [1.29, 1.82) is 5.26 Å². The highest BCUT2D eigenvalue weighted by Crippen LogP contribution is 2.16. The molecular weight excluding hydrogens is 200 g/mol. The molecule has 0 spiro atoms. The highest BCUT2D eigenvalue weighted by molar-refractivity contribution is 5.78. The smallest absolute Gasteiger partial charge is 0.191 e. The SMILES string of the molecule is CC1CCCN(C(N)=NCC(C)(C)C#N)C1. The fourth-order valence-electron chi connectivity index (χ4n) is 1.81. The zero-order valence-corrected chi connectivity index (χ0v) is 10.5. The molecular formula is C12H22N4. The van der Waals surface area contributed by atoms with Crippen LogP contribution in [0.15, 0.2) is 4.99 Å². The molecule has 1 saturated heterocycles. The molecule has 90 valence electrons. The maximum absolute atomic E-state index is 8.89. The Labute approximate surface area is 98.1 Å². The van der Waals surface area contributed by atoms with Crippen LogP contribution in [0, 0.1) is 22.7 Å². The van der Waals surface area contributed by atoms with Crippen LogP contribution in [0.25, 0.3) is 0 Å². The van der Waals surface area contributed by atoms with Crippen molar-refractivity contribution in [2.75, 3.05) is 19.6 Å². The summed E-state index contributed by atoms with van der Waals surface area (Å²) in [4.78, 5) is 6.45. The third kappa shape index (κ3) is 3.73. The van der Waals surface area contributed by atoms with Gasteiger partial charge in [0.15, 0.2) is 5.96 Å². The number of nitrogens with two attached hydrogens (primary N) is 1. The average Bonchev–Trinajstić information content (AvgIpc) is 2.26. The van der Waals surface area contributed by atoms with E-state index in [1.807, 2.05) is 13.8 Å². The Morgan fingerprint density at radius 2 is 2.31 bits per heavy atom. The van der Waals surface area contributed by atoms with Gasteiger partial charge in [-0.3, -0.25) is 4.99 Å². The monoisotopic (exact) mass is 222 g/mol. The number of hydrogen-bond donors (Lipinski definition) is 1. The van der Waals surface area contributed by atoms with E-state index in [4.69, 9.17) is 11.0 Å². The van der Waals surface area contributed by atoms with Crippen LogP contribution in [-0.2, 0) is 0 Å². The van der Waals surface area contributed by atoms with Crippen molar-refractivity contribution in [3.8, 4) is 6.07 Å². The summed E-state index contributed by atoms with van der Waals surface area (Å²) in [5.74, 6) is 1.28. The van der Waals surface area contributed by atoms with Crippen molar-refractivity contribution < 1.29 is 0 Å². The normalized spacial score (nSPS) is 23.0. The third-order valence-corrected chi connectivity index (χ3v) is 2.92. The summed E-state index contributed by atoms with van der Waals surface area (Å²) in [5.41, 5.74) is 5.51. The molecule has 1 heterocycles. The molecule has 2 N–H and O–H groups in total. The van der Waals surface area contributed by atoms with Gasteiger partial charge in [-0.1, -0.05) is 6.92 Å². The zero-order chi connectivity index (χ0) is 12.2. The Morgan fingerprint density at radius 3 is 2.88 bits per heavy atom. The summed E-state index contributed by atoms with van der Waals surface area (Å²) < 4.78 is 0. The van der Waals surface area contributed by atoms with Gasteiger partial charge in [0.1, 0.15) is 0 Å². The van der Waals surface area contributed by atoms with E-state index in [1.54, 1.807) is 0 Å². The minimum Gasteiger partial charge on any atom is -0.370 e. The van der Waals surface area contributed by atoms with Crippen molar-refractivity contribution >= 4 is 5.96 Å². The Hall–Kier alpha value is -1.24. The number of nitriles is 1. The summed E-state index contributed by atoms with van der Waals surface area (Å²) in [7, 11) is 0. The van der Waals surface area contributed by atoms with Crippen molar-refractivity contribution in [2.24, 2.45) is 22.1 Å². The largest absolute Gasteiger partial charge is 0.370 e. The van der Waals surface area contributed by atoms with E-state index in [0.717, 1.165) is 13.1 Å². The lowest BCUT2D eigenvalue weighted by atomic mass is 9.96. The summed E-state index contributed by atoms with van der Waals surface area (Å²) in [5, 5.41) is 8.89. The molecule has 0 aromatic rings. The molecule has 0 aliphatic carbocycles. The molecule has 1 unspecified atom stereocenters. The molecule has 1 atom stereocenters. The number of piperidine rings is 1. The van der Waals surface area contributed by atoms with Crippen LogP contribution in [0.4, 0.5) is 0 Å². The van der Waals surface area contributed by atoms with Gasteiger partial charge >= 0.3 is 0 Å². The van der Waals surface area contributed by atoms with E-state index in [1.165, 1.54) is 12.8 Å². The Bertz CT molecular complexity index is 301. The van der Waals surface area contributed by atoms with Crippen molar-refractivity contribution in [2.45, 2.75) is 33.6 Å². The standard InChI is InChI=1S/C12H22N4/c1-10-5-4-6-16(7-10)11(14)15-9-12(2,3)8-13/h10H,4-7,9H2,1-3H3,(H2,14,15). The van der Waals surface area contributed by atoms with Gasteiger partial charge in [-0.05, 0) is 32.6 Å². The quantitative estimate of drug-likeness (QED) is 0.570. The van der Waals surface area contributed by atoms with Gasteiger partial charge in [-0.25, -0.2) is 0 Å². The first kappa shape index (κ1) is 12.8. The predicted molar refractivity (Wildman–Crippen MR) is 65.9 cm³/mol. The summed E-state index contributed by atoms with van der Waals surface area (Å²) >= 11 is 0. The van der Waals surface area contributed by atoms with Crippen molar-refractivity contribution in [1.82, 2.24) is 4.90 Å². The zero-order valence-electron chi connectivity index (χ0n) is 10.5. The van der Waals surface area contributed by atoms with Crippen LogP contribution >= 0.6 is 0 Å². The van der Waals surface area contributed by atoms with E-state index in [2.05, 4.69) is 22.9 Å². The van der Waals surface area contributed by atoms with E-state index < -0.39 is 5.41 Å². The number of guanidine groups is 1. The molecule has 16 heavy (non-hydrogen) atoms. The van der Waals surface area contributed by atoms with Gasteiger partial charge in [0.2, 0.25) is 0 Å². The number of nitrogens with zero attached hydrogens (tertiary/aromatic N) is 3. The van der Waals surface area contributed by atoms with Gasteiger partial charge < -0.3 is 10.6 Å². The molecule has 0 aromatic carbocycles. The van der Waals surface area contributed by atoms with Crippen LogP contribution in [-0.4, -0.2) is 30.5 Å². The molecule has 0 radical (unpaired) electrons. The average molecular weight is 222 g/mol. The van der Waals surface area contributed by atoms with Gasteiger partial charge in [0, 0.05) is 13.1 Å². The highest BCUT2D eigenvalue weighted by Gasteiger charge is 2.20. The van der Waals surface area contributed by atoms with Crippen LogP contribution in [0.2, 0.25) is 0 Å². The van der Waals surface area contributed by atoms with Gasteiger partial charge in [0.25, 0.3) is 0 Å². The fraction of sp³-hybridized carbons (Fsp3) is 0.833. The molecule has 0 aromatic heterocycles. The summed E-state index contributed by atoms with van der Waals surface area (Å²) in [6, 6.07) is 2.23. The number of aliphatic imine (C=N–C) groups is 1. The Kier molecular flexibility index (Phi) is 4.17. The summed E-state index contributed by atoms with van der Waals surface area (Å²) in [6.07, 6.45) is 2.45. The lowest BCUT2D eigenvalue weighted by Gasteiger charge is -2.32. The van der Waals surface area contributed by atoms with Gasteiger partial charge in [0.05, 0.1) is 18.0 Å². The molecule has 1 rings (SSSR count). The summed E-state index contributed by atoms with van der Waals surface area (Å²) in [6.45, 7) is 8.44. The highest BCUT2D eigenvalue weighted by atomic mass is 15.3. The minimum atomic E-state index is -0.425. The third-order valence-electron chi connectivity index (χ3n) is 2.92. The maximum atomic E-state index is 8.89. The van der Waals surface area contributed by atoms with Crippen LogP contribution in [0.5, 0.6) is 0 Å². The first-order chi connectivity index (χ1) is 7.44. The topological polar surface area (TPSA) is 65.4 Å². The second-order valence-corrected chi connectivity index (χ2v) is 5.36. The number of likely N-dealkylation sites (tertiary alicyclic amines) is 1. The van der Waals surface area contributed by atoms with Crippen LogP contribution in [0.3, 0.4) is 0 Å². The molecule has 0 saturated carbocycles.